The Morgan fingerprint density at radius 3 is 0.868 bits per heavy atom. The fourth-order valence-electron chi connectivity index (χ4n) is 13.1. The van der Waals surface area contributed by atoms with E-state index >= 15 is 0 Å². The number of methoxy groups -OCH3 is 7. The Kier molecular flexibility index (Phi) is 44.3. The van der Waals surface area contributed by atoms with Gasteiger partial charge in [0, 0.05) is 16.7 Å². The van der Waals surface area contributed by atoms with E-state index in [2.05, 4.69) is 42.5 Å². The average molecular weight is 1900 g/mol. The third-order valence-electron chi connectivity index (χ3n) is 20.9. The molecule has 21 nitrogen and oxygen atoms in total. The van der Waals surface area contributed by atoms with Gasteiger partial charge in [-0.3, -0.25) is 33.6 Å². The van der Waals surface area contributed by atoms with Gasteiger partial charge in [-0.15, -0.1) is 0 Å². The second kappa shape index (κ2) is 58.4. The minimum atomic E-state index is -0.210. The molecule has 14 aromatic rings. The van der Waals surface area contributed by atoms with E-state index in [1.807, 2.05) is 107 Å². The summed E-state index contributed by atoms with van der Waals surface area (Å²) >= 11 is 0. The minimum absolute atomic E-state index is 0.0278. The van der Waals surface area contributed by atoms with Crippen molar-refractivity contribution in [2.45, 2.75) is 27.7 Å². The number of benzene rings is 14. The number of carbonyl (C=O) groups excluding carboxylic acids is 7. The Balaban J connectivity index is 0.000000205. The molecule has 710 valence electrons. The molecule has 0 heterocycles. The number of hydrogen-bond acceptors (Lipinski definition) is 21. The van der Waals surface area contributed by atoms with E-state index < -0.39 is 0 Å². The Bertz CT molecular complexity index is 7370. The molecule has 0 fully saturated rings. The fraction of sp³-hybridized carbons (Fsp3) is 0.0894. The molecule has 14 aromatic carbocycles. The zero-order chi connectivity index (χ0) is 104. The molecule has 0 bridgehead atoms. The molecule has 0 aliphatic carbocycles. The third-order valence-corrected chi connectivity index (χ3v) is 20.9. The minimum Gasteiger partial charge on any atom is -0.497 e. The van der Waals surface area contributed by atoms with Crippen molar-refractivity contribution >= 4 is 83.0 Å². The molecule has 0 aliphatic rings. The van der Waals surface area contributed by atoms with Crippen molar-refractivity contribution in [3.05, 3.63) is 497 Å². The second-order valence-electron chi connectivity index (χ2n) is 31.0. The van der Waals surface area contributed by atoms with Crippen LogP contribution < -0.4 is 33.2 Å². The van der Waals surface area contributed by atoms with Crippen LogP contribution in [-0.4, -0.2) is 90.3 Å². The third kappa shape index (κ3) is 35.3. The predicted octanol–water partition coefficient (Wildman–Crippen LogP) is 25.5. The smallest absolute Gasteiger partial charge is 0.193 e. The highest BCUT2D eigenvalue weighted by Gasteiger charge is 2.18. The highest BCUT2D eigenvalue weighted by atomic mass is 16.5. The lowest BCUT2D eigenvalue weighted by Gasteiger charge is -2.10. The van der Waals surface area contributed by atoms with Crippen molar-refractivity contribution in [2.75, 3.05) is 49.8 Å². The summed E-state index contributed by atoms with van der Waals surface area (Å²) in [7, 11) is 10.8. The molecule has 0 saturated heterocycles. The van der Waals surface area contributed by atoms with E-state index in [0.717, 1.165) is 61.2 Å². The summed E-state index contributed by atoms with van der Waals surface area (Å²) in [5, 5.41) is 61.1. The van der Waals surface area contributed by atoms with Crippen molar-refractivity contribution in [3.8, 4) is 82.7 Å². The SMILES string of the molecule is COc1cc(C(=O)/C=C/c2ccc(C#N)cc2)ccc1C.COc1cc(C)cc(C(=O)/C=C/c2ccc(C#N)cc2)c1.COc1cc(C)ccc1C(=O)/C=C/c1ccc(C#N)cc1.COc1ccc(C)cc1C(=O)/C=C/c1ccc(C#N)cc1.COc1cccc(OC)c1C(=O)/C=C/c1ccc(C#N)cc1.COc1ccccc1C(=O)/C=C/c1ccc(C#N)cc1.N#Cc1ccc(/C=C/C(=O)c2ccccc2)cc1. The molecule has 0 amide bonds. The number of rotatable bonds is 28. The molecule has 144 heavy (non-hydrogen) atoms. The van der Waals surface area contributed by atoms with E-state index in [4.69, 9.17) is 70.0 Å². The maximum absolute atomic E-state index is 12.4. The average Bonchev–Trinajstić information content (AvgIpc) is 0.796. The second-order valence-corrected chi connectivity index (χ2v) is 31.0. The first kappa shape index (κ1) is 109. The van der Waals surface area contributed by atoms with E-state index in [1.165, 1.54) is 63.9 Å². The van der Waals surface area contributed by atoms with Crippen LogP contribution in [0.4, 0.5) is 0 Å². The van der Waals surface area contributed by atoms with E-state index in [9.17, 15) is 33.6 Å². The molecule has 0 spiro atoms. The lowest BCUT2D eigenvalue weighted by molar-refractivity contribution is 0.103. The van der Waals surface area contributed by atoms with Gasteiger partial charge in [-0.25, -0.2) is 0 Å². The largest absolute Gasteiger partial charge is 0.497 e. The Labute approximate surface area is 838 Å². The van der Waals surface area contributed by atoms with Crippen molar-refractivity contribution in [3.63, 3.8) is 0 Å². The summed E-state index contributed by atoms with van der Waals surface area (Å²) in [6, 6.07) is 107. The highest BCUT2D eigenvalue weighted by Crippen LogP contribution is 2.31. The quantitative estimate of drug-likeness (QED) is 0.0325. The summed E-state index contributed by atoms with van der Waals surface area (Å²) in [5.41, 5.74) is 18.1. The van der Waals surface area contributed by atoms with Gasteiger partial charge in [0.15, 0.2) is 40.5 Å². The maximum Gasteiger partial charge on any atom is 0.193 e. The van der Waals surface area contributed by atoms with Crippen molar-refractivity contribution in [1.29, 1.82) is 36.8 Å². The van der Waals surface area contributed by atoms with Gasteiger partial charge in [-0.05, 0) is 284 Å². The number of aryl methyl sites for hydroxylation is 4. The first-order valence-corrected chi connectivity index (χ1v) is 44.3. The van der Waals surface area contributed by atoms with Crippen molar-refractivity contribution in [2.24, 2.45) is 0 Å². The van der Waals surface area contributed by atoms with Crippen LogP contribution in [0.25, 0.3) is 42.5 Å². The molecule has 0 aliphatic heterocycles. The van der Waals surface area contributed by atoms with Crippen LogP contribution in [0.5, 0.6) is 40.2 Å². The number of ether oxygens (including phenoxy) is 7. The van der Waals surface area contributed by atoms with Gasteiger partial charge >= 0.3 is 0 Å². The molecule has 0 radical (unpaired) electrons. The zero-order valence-corrected chi connectivity index (χ0v) is 81.0. The van der Waals surface area contributed by atoms with Crippen molar-refractivity contribution in [1.82, 2.24) is 0 Å². The lowest BCUT2D eigenvalue weighted by Crippen LogP contribution is -2.02. The molecule has 21 heteroatoms. The van der Waals surface area contributed by atoms with Crippen LogP contribution in [0.15, 0.2) is 358 Å². The summed E-state index contributed by atoms with van der Waals surface area (Å²) in [6.45, 7) is 7.73. The maximum atomic E-state index is 12.4. The summed E-state index contributed by atoms with van der Waals surface area (Å²) < 4.78 is 36.4. The van der Waals surface area contributed by atoms with Crippen LogP contribution in [0.2, 0.25) is 0 Å². The Morgan fingerprint density at radius 1 is 0.208 bits per heavy atom. The molecular formula is C123H99N7O14. The number of para-hydroxylation sites is 1. The summed E-state index contributed by atoms with van der Waals surface area (Å²) in [4.78, 5) is 85.1. The van der Waals surface area contributed by atoms with E-state index in [0.29, 0.717) is 118 Å². The van der Waals surface area contributed by atoms with Gasteiger partial charge < -0.3 is 33.2 Å². The van der Waals surface area contributed by atoms with Crippen LogP contribution in [-0.2, 0) is 0 Å². The normalized spacial score (nSPS) is 10.3. The monoisotopic (exact) mass is 1900 g/mol. The van der Waals surface area contributed by atoms with Gasteiger partial charge in [-0.2, -0.15) is 36.8 Å². The number of ketones is 7. The van der Waals surface area contributed by atoms with E-state index in [1.54, 1.807) is 308 Å². The standard InChI is InChI=1S/C18H15NO3.4C18H15NO2.C17H13NO2.C16H11NO/c1-21-16-4-3-5-17(22-2)18(16)15(20)11-10-13-6-8-14(12-19)9-7-13;1-13-3-10-18(21-2)16(11-13)17(20)9-8-14-4-6-15(12-19)7-5-14;1-13-3-9-16(11-18(13)21-2)17(20)10-8-14-4-6-15(12-19)7-5-14;1-13-3-9-16(18(11-13)21-2)17(20)10-8-14-4-6-15(12-19)7-5-14;1-13-9-16(11-17(10-13)21-2)18(20)8-7-14-3-5-15(12-19)6-4-14;1-20-17-5-3-2-4-15(17)16(19)11-10-13-6-8-14(12-18)9-7-13;17-12-14-8-6-13(7-9-14)10-11-16(18)15-4-2-1-3-5-15/h3-11H,1-2H3;4*3-11H,1-2H3;2-11H,1H3;1-11H/b11-10+;9-8+;2*10-8+;8-7+;2*11-10+. The number of allylic oxidation sites excluding steroid dienone is 7. The molecular weight excluding hydrogens is 1800 g/mol. The number of hydrogen-bond donors (Lipinski definition) is 0. The van der Waals surface area contributed by atoms with Gasteiger partial charge in [0.1, 0.15) is 45.8 Å². The van der Waals surface area contributed by atoms with Crippen LogP contribution in [0.3, 0.4) is 0 Å². The fourth-order valence-corrected chi connectivity index (χ4v) is 13.1. The molecule has 0 unspecified atom stereocenters. The molecule has 0 aromatic heterocycles. The lowest BCUT2D eigenvalue weighted by atomic mass is 10.0. The summed E-state index contributed by atoms with van der Waals surface area (Å²) in [6.07, 6.45) is 22.6. The van der Waals surface area contributed by atoms with Crippen LogP contribution in [0.1, 0.15) is 173 Å². The first-order valence-electron chi connectivity index (χ1n) is 44.3. The van der Waals surface area contributed by atoms with Gasteiger partial charge in [0.25, 0.3) is 0 Å². The zero-order valence-electron chi connectivity index (χ0n) is 81.0. The Hall–Kier alpha value is -20.0. The highest BCUT2D eigenvalue weighted by molar-refractivity contribution is 6.13. The first-order chi connectivity index (χ1) is 69.7. The van der Waals surface area contributed by atoms with Crippen molar-refractivity contribution < 1.29 is 66.7 Å². The number of carbonyl (C=O) groups is 7. The summed E-state index contributed by atoms with van der Waals surface area (Å²) in [5.74, 6) is 3.25. The topological polar surface area (TPSA) is 351 Å². The van der Waals surface area contributed by atoms with Crippen LogP contribution >= 0.6 is 0 Å². The number of nitrogens with zero attached hydrogens (tertiary/aromatic N) is 7. The number of nitriles is 7. The van der Waals surface area contributed by atoms with Gasteiger partial charge in [0.2, 0.25) is 0 Å². The van der Waals surface area contributed by atoms with Gasteiger partial charge in [0.05, 0.1) is 148 Å². The van der Waals surface area contributed by atoms with E-state index in [-0.39, 0.29) is 40.5 Å². The molecule has 0 N–H and O–H groups in total. The predicted molar refractivity (Wildman–Crippen MR) is 562 cm³/mol. The molecule has 14 rings (SSSR count). The van der Waals surface area contributed by atoms with Gasteiger partial charge in [-0.1, -0.05) is 206 Å². The molecule has 0 atom stereocenters. The molecule has 0 saturated carbocycles. The Morgan fingerprint density at radius 2 is 0.507 bits per heavy atom. The van der Waals surface area contributed by atoms with Crippen LogP contribution in [0, 0.1) is 107 Å².